The minimum Gasteiger partial charge on any atom is -0.457 e. The van der Waals surface area contributed by atoms with Crippen LogP contribution in [-0.4, -0.2) is 15.0 Å². The van der Waals surface area contributed by atoms with E-state index in [2.05, 4.69) is 133 Å². The number of benzene rings is 6. The maximum absolute atomic E-state index is 6.55. The molecule has 0 bridgehead atoms. The second-order valence-corrected chi connectivity index (χ2v) is 13.0. The Hall–Kier alpha value is -6.39. The Kier molecular flexibility index (Phi) is 6.50. The third kappa shape index (κ3) is 4.28. The van der Waals surface area contributed by atoms with Crippen LogP contribution < -0.4 is 4.74 Å². The van der Waals surface area contributed by atoms with E-state index < -0.39 is 5.41 Å². The molecule has 10 rings (SSSR count). The van der Waals surface area contributed by atoms with Gasteiger partial charge >= 0.3 is 0 Å². The highest BCUT2D eigenvalue weighted by atomic mass is 16.5. The maximum Gasteiger partial charge on any atom is 0.164 e. The lowest BCUT2D eigenvalue weighted by atomic mass is 9.66. The summed E-state index contributed by atoms with van der Waals surface area (Å²) in [6.07, 6.45) is 8.65. The molecule has 0 saturated carbocycles. The van der Waals surface area contributed by atoms with E-state index in [-0.39, 0.29) is 0 Å². The molecule has 1 aliphatic heterocycles. The van der Waals surface area contributed by atoms with Crippen molar-refractivity contribution in [1.29, 1.82) is 0 Å². The number of hydrogen-bond donors (Lipinski definition) is 0. The van der Waals surface area contributed by atoms with Crippen LogP contribution in [0.1, 0.15) is 40.7 Å². The zero-order valence-corrected chi connectivity index (χ0v) is 27.3. The van der Waals surface area contributed by atoms with Crippen molar-refractivity contribution in [2.45, 2.75) is 18.3 Å². The van der Waals surface area contributed by atoms with Crippen molar-refractivity contribution in [2.24, 2.45) is 0 Å². The normalized spacial score (nSPS) is 14.6. The summed E-state index contributed by atoms with van der Waals surface area (Å²) in [5, 5.41) is 0. The smallest absolute Gasteiger partial charge is 0.164 e. The van der Waals surface area contributed by atoms with Gasteiger partial charge in [-0.3, -0.25) is 0 Å². The molecule has 4 heteroatoms. The predicted molar refractivity (Wildman–Crippen MR) is 200 cm³/mol. The Morgan fingerprint density at radius 2 is 1.06 bits per heavy atom. The first-order chi connectivity index (χ1) is 24.8. The number of rotatable bonds is 4. The predicted octanol–water partition coefficient (Wildman–Crippen LogP) is 11.1. The van der Waals surface area contributed by atoms with Crippen LogP contribution in [0.5, 0.6) is 11.5 Å². The number of ether oxygens (including phenoxy) is 1. The van der Waals surface area contributed by atoms with E-state index in [1.54, 1.807) is 0 Å². The fourth-order valence-electron chi connectivity index (χ4n) is 8.13. The summed E-state index contributed by atoms with van der Waals surface area (Å²) >= 11 is 0. The molecule has 0 N–H and O–H groups in total. The lowest BCUT2D eigenvalue weighted by Crippen LogP contribution is -2.32. The van der Waals surface area contributed by atoms with Gasteiger partial charge in [-0.05, 0) is 64.4 Å². The molecule has 4 nitrogen and oxygen atoms in total. The van der Waals surface area contributed by atoms with E-state index in [0.29, 0.717) is 17.5 Å². The SMILES string of the molecule is C1=CCCC(c2cccc(-c3nc(-c4ccccc4)nc(-c4cccc5c4-c4ccccc4C54c5ccccc5Oc5ccccc54)n3)c2)=C1. The van der Waals surface area contributed by atoms with E-state index in [4.69, 9.17) is 19.7 Å². The molecule has 50 heavy (non-hydrogen) atoms. The monoisotopic (exact) mass is 641 g/mol. The molecule has 0 radical (unpaired) electrons. The highest BCUT2D eigenvalue weighted by Crippen LogP contribution is 2.63. The number of aromatic nitrogens is 3. The van der Waals surface area contributed by atoms with Crippen molar-refractivity contribution in [1.82, 2.24) is 15.0 Å². The summed E-state index contributed by atoms with van der Waals surface area (Å²) in [5.41, 5.74) is 11.8. The third-order valence-corrected chi connectivity index (χ3v) is 10.3. The second-order valence-electron chi connectivity index (χ2n) is 13.0. The van der Waals surface area contributed by atoms with Gasteiger partial charge < -0.3 is 4.74 Å². The fraction of sp³-hybridized carbons (Fsp3) is 0.0652. The highest BCUT2D eigenvalue weighted by molar-refractivity contribution is 5.95. The first-order valence-electron chi connectivity index (χ1n) is 17.2. The molecular weight excluding hydrogens is 611 g/mol. The van der Waals surface area contributed by atoms with E-state index in [1.165, 1.54) is 27.8 Å². The zero-order chi connectivity index (χ0) is 33.1. The average Bonchev–Trinajstić information content (AvgIpc) is 3.49. The van der Waals surface area contributed by atoms with Crippen molar-refractivity contribution in [3.63, 3.8) is 0 Å². The van der Waals surface area contributed by atoms with E-state index in [1.807, 2.05) is 30.3 Å². The van der Waals surface area contributed by atoms with Crippen LogP contribution in [0.2, 0.25) is 0 Å². The van der Waals surface area contributed by atoms with E-state index >= 15 is 0 Å². The minimum absolute atomic E-state index is 0.567. The lowest BCUT2D eigenvalue weighted by Gasteiger charge is -2.39. The van der Waals surface area contributed by atoms with Crippen molar-refractivity contribution in [3.05, 3.63) is 192 Å². The Labute approximate surface area is 291 Å². The molecule has 3 aliphatic rings. The summed E-state index contributed by atoms with van der Waals surface area (Å²) in [6, 6.07) is 51.1. The van der Waals surface area contributed by atoms with Crippen LogP contribution in [0.3, 0.4) is 0 Å². The highest BCUT2D eigenvalue weighted by Gasteiger charge is 2.51. The van der Waals surface area contributed by atoms with Crippen LogP contribution in [-0.2, 0) is 5.41 Å². The molecule has 236 valence electrons. The van der Waals surface area contributed by atoms with Crippen LogP contribution in [0.4, 0.5) is 0 Å². The number of allylic oxidation sites excluding steroid dienone is 4. The number of hydrogen-bond acceptors (Lipinski definition) is 4. The molecule has 0 amide bonds. The summed E-state index contributed by atoms with van der Waals surface area (Å²) in [4.78, 5) is 15.6. The molecule has 1 aromatic heterocycles. The average molecular weight is 642 g/mol. The molecule has 1 spiro atoms. The second kappa shape index (κ2) is 11.4. The molecule has 0 fully saturated rings. The van der Waals surface area contributed by atoms with Gasteiger partial charge in [0, 0.05) is 27.8 Å². The van der Waals surface area contributed by atoms with Crippen molar-refractivity contribution in [3.8, 4) is 56.8 Å². The Balaban J connectivity index is 1.24. The van der Waals surface area contributed by atoms with Gasteiger partial charge in [-0.2, -0.15) is 0 Å². The first-order valence-corrected chi connectivity index (χ1v) is 17.2. The number of nitrogens with zero attached hydrogens (tertiary/aromatic N) is 3. The molecule has 6 aromatic carbocycles. The molecule has 0 saturated heterocycles. The Morgan fingerprint density at radius 3 is 1.82 bits per heavy atom. The van der Waals surface area contributed by atoms with Crippen LogP contribution in [0, 0.1) is 0 Å². The van der Waals surface area contributed by atoms with Gasteiger partial charge in [0.15, 0.2) is 17.5 Å². The maximum atomic E-state index is 6.55. The standard InChI is InChI=1S/C46H31N3O/c1-3-15-30(16-4-1)32-19-13-20-33(29-32)44-47-43(31-17-5-2-6-18-31)48-45(49-44)35-22-14-26-39-42(35)34-21-7-8-23-36(34)46(39)37-24-9-11-27-40(37)50-41-28-12-10-25-38(41)46/h1-3,5-15,17-29H,4,16H2. The van der Waals surface area contributed by atoms with E-state index in [0.717, 1.165) is 57.7 Å². The van der Waals surface area contributed by atoms with Crippen molar-refractivity contribution >= 4 is 5.57 Å². The van der Waals surface area contributed by atoms with Gasteiger partial charge in [-0.1, -0.05) is 146 Å². The van der Waals surface area contributed by atoms with Gasteiger partial charge in [-0.15, -0.1) is 0 Å². The van der Waals surface area contributed by atoms with Crippen LogP contribution >= 0.6 is 0 Å². The van der Waals surface area contributed by atoms with Crippen LogP contribution in [0.15, 0.2) is 164 Å². The van der Waals surface area contributed by atoms with Gasteiger partial charge in [0.25, 0.3) is 0 Å². The zero-order valence-electron chi connectivity index (χ0n) is 27.3. The minimum atomic E-state index is -0.567. The number of para-hydroxylation sites is 2. The summed E-state index contributed by atoms with van der Waals surface area (Å²) < 4.78 is 6.55. The summed E-state index contributed by atoms with van der Waals surface area (Å²) in [6.45, 7) is 0. The molecule has 7 aromatic rings. The summed E-state index contributed by atoms with van der Waals surface area (Å²) in [5.74, 6) is 3.70. The van der Waals surface area contributed by atoms with Gasteiger partial charge in [-0.25, -0.2) is 15.0 Å². The molecule has 2 aliphatic carbocycles. The van der Waals surface area contributed by atoms with Gasteiger partial charge in [0.1, 0.15) is 11.5 Å². The Morgan fingerprint density at radius 1 is 0.480 bits per heavy atom. The lowest BCUT2D eigenvalue weighted by molar-refractivity contribution is 0.436. The molecule has 2 heterocycles. The van der Waals surface area contributed by atoms with Crippen LogP contribution in [0.25, 0.3) is 50.9 Å². The number of fused-ring (bicyclic) bond motifs is 9. The van der Waals surface area contributed by atoms with Gasteiger partial charge in [0.2, 0.25) is 0 Å². The van der Waals surface area contributed by atoms with Crippen molar-refractivity contribution in [2.75, 3.05) is 0 Å². The quantitative estimate of drug-likeness (QED) is 0.192. The van der Waals surface area contributed by atoms with Gasteiger partial charge in [0.05, 0.1) is 5.41 Å². The third-order valence-electron chi connectivity index (χ3n) is 10.3. The summed E-state index contributed by atoms with van der Waals surface area (Å²) in [7, 11) is 0. The molecule has 0 unspecified atom stereocenters. The largest absolute Gasteiger partial charge is 0.457 e. The fourth-order valence-corrected chi connectivity index (χ4v) is 8.13. The first kappa shape index (κ1) is 28.6. The topological polar surface area (TPSA) is 47.9 Å². The van der Waals surface area contributed by atoms with Crippen molar-refractivity contribution < 1.29 is 4.74 Å². The van der Waals surface area contributed by atoms with E-state index in [9.17, 15) is 0 Å². The Bertz CT molecular complexity index is 2480. The molecule has 0 atom stereocenters. The molecular formula is C46H31N3O.